The van der Waals surface area contributed by atoms with Crippen LogP contribution in [0, 0.1) is 0 Å². The molecule has 0 spiro atoms. The second kappa shape index (κ2) is 9.26. The van der Waals surface area contributed by atoms with E-state index in [2.05, 4.69) is 15.5 Å². The number of benzene rings is 2. The predicted octanol–water partition coefficient (Wildman–Crippen LogP) is 5.26. The number of thioether (sulfide) groups is 1. The van der Waals surface area contributed by atoms with E-state index < -0.39 is 0 Å². The lowest BCUT2D eigenvalue weighted by Gasteiger charge is -2.10. The van der Waals surface area contributed by atoms with Gasteiger partial charge in [-0.15, -0.1) is 10.2 Å². The van der Waals surface area contributed by atoms with Crippen molar-refractivity contribution in [2.24, 2.45) is 0 Å². The fourth-order valence-corrected chi connectivity index (χ4v) is 3.91. The highest BCUT2D eigenvalue weighted by Gasteiger charge is 2.14. The van der Waals surface area contributed by atoms with E-state index in [1.807, 2.05) is 41.8 Å². The Kier molecular flexibility index (Phi) is 6.77. The molecule has 1 heterocycles. The van der Waals surface area contributed by atoms with Gasteiger partial charge in [0.1, 0.15) is 5.82 Å². The van der Waals surface area contributed by atoms with Gasteiger partial charge in [-0.05, 0) is 24.3 Å². The van der Waals surface area contributed by atoms with Crippen molar-refractivity contribution < 1.29 is 4.79 Å². The lowest BCUT2D eigenvalue weighted by molar-refractivity contribution is -0.115. The lowest BCUT2D eigenvalue weighted by Crippen LogP contribution is -2.13. The fourth-order valence-electron chi connectivity index (χ4n) is 2.51. The van der Waals surface area contributed by atoms with Crippen molar-refractivity contribution in [2.75, 3.05) is 11.1 Å². The average molecular weight is 421 g/mol. The summed E-state index contributed by atoms with van der Waals surface area (Å²) in [5.74, 6) is 1.29. The molecule has 0 saturated carbocycles. The second-order valence-corrected chi connectivity index (χ2v) is 7.54. The van der Waals surface area contributed by atoms with Gasteiger partial charge in [-0.25, -0.2) is 0 Å². The summed E-state index contributed by atoms with van der Waals surface area (Å²) < 4.78 is 2.02. The SMILES string of the molecule is CCc1nnc(SCCC(=O)Nc2c(Cl)cccc2Cl)n1-c1ccccc1. The average Bonchev–Trinajstić information content (AvgIpc) is 3.08. The Labute approximate surface area is 172 Å². The van der Waals surface area contributed by atoms with Gasteiger partial charge in [0, 0.05) is 24.3 Å². The summed E-state index contributed by atoms with van der Waals surface area (Å²) in [6.07, 6.45) is 1.07. The standard InChI is InChI=1S/C19H18Cl2N4OS/c1-2-16-23-24-19(25(16)13-7-4-3-5-8-13)27-12-11-17(26)22-18-14(20)9-6-10-15(18)21/h3-10H,2,11-12H2,1H3,(H,22,26). The van der Waals surface area contributed by atoms with Crippen LogP contribution in [-0.2, 0) is 11.2 Å². The minimum atomic E-state index is -0.154. The number of halogens is 2. The number of anilines is 1. The third-order valence-electron chi connectivity index (χ3n) is 3.82. The first-order valence-electron chi connectivity index (χ1n) is 8.46. The summed E-state index contributed by atoms with van der Waals surface area (Å²) in [5, 5.41) is 12.9. The number of nitrogens with one attached hydrogen (secondary N) is 1. The zero-order valence-electron chi connectivity index (χ0n) is 14.7. The van der Waals surface area contributed by atoms with Gasteiger partial charge in [-0.2, -0.15) is 0 Å². The predicted molar refractivity (Wildman–Crippen MR) is 111 cm³/mol. The third kappa shape index (κ3) is 4.83. The number of para-hydroxylation sites is 2. The molecule has 1 N–H and O–H groups in total. The molecule has 0 bridgehead atoms. The molecule has 2 aromatic carbocycles. The molecule has 0 unspecified atom stereocenters. The first-order chi connectivity index (χ1) is 13.1. The van der Waals surface area contributed by atoms with Crippen LogP contribution in [0.5, 0.6) is 0 Å². The molecule has 0 aliphatic carbocycles. The number of aromatic nitrogens is 3. The summed E-state index contributed by atoms with van der Waals surface area (Å²) >= 11 is 13.7. The number of nitrogens with zero attached hydrogens (tertiary/aromatic N) is 3. The normalized spacial score (nSPS) is 10.8. The molecule has 0 aliphatic rings. The van der Waals surface area contributed by atoms with Crippen LogP contribution in [0.4, 0.5) is 5.69 Å². The van der Waals surface area contributed by atoms with Gasteiger partial charge in [0.15, 0.2) is 5.16 Å². The Morgan fingerprint density at radius 2 is 1.78 bits per heavy atom. The summed E-state index contributed by atoms with van der Waals surface area (Å²) in [6.45, 7) is 2.04. The monoisotopic (exact) mass is 420 g/mol. The molecule has 140 valence electrons. The molecule has 0 saturated heterocycles. The van der Waals surface area contributed by atoms with Gasteiger partial charge < -0.3 is 5.32 Å². The van der Waals surface area contributed by atoms with Crippen LogP contribution < -0.4 is 5.32 Å². The number of aryl methyl sites for hydroxylation is 1. The quantitative estimate of drug-likeness (QED) is 0.529. The van der Waals surface area contributed by atoms with E-state index in [4.69, 9.17) is 23.2 Å². The number of amides is 1. The number of carbonyl (C=O) groups is 1. The van der Waals surface area contributed by atoms with Crippen LogP contribution in [-0.4, -0.2) is 26.4 Å². The number of rotatable bonds is 7. The maximum absolute atomic E-state index is 12.2. The molecule has 5 nitrogen and oxygen atoms in total. The molecule has 3 aromatic rings. The van der Waals surface area contributed by atoms with Crippen LogP contribution in [0.25, 0.3) is 5.69 Å². The largest absolute Gasteiger partial charge is 0.324 e. The second-order valence-electron chi connectivity index (χ2n) is 5.67. The van der Waals surface area contributed by atoms with E-state index in [0.717, 1.165) is 23.1 Å². The van der Waals surface area contributed by atoms with Crippen molar-refractivity contribution in [2.45, 2.75) is 24.9 Å². The molecule has 8 heteroatoms. The summed E-state index contributed by atoms with van der Waals surface area (Å²) in [6, 6.07) is 15.1. The van der Waals surface area contributed by atoms with Gasteiger partial charge in [0.2, 0.25) is 5.91 Å². The van der Waals surface area contributed by atoms with Crippen LogP contribution in [0.3, 0.4) is 0 Å². The highest BCUT2D eigenvalue weighted by Crippen LogP contribution is 2.30. The van der Waals surface area contributed by atoms with Gasteiger partial charge in [-0.3, -0.25) is 9.36 Å². The molecule has 0 radical (unpaired) electrons. The van der Waals surface area contributed by atoms with E-state index >= 15 is 0 Å². The Bertz CT molecular complexity index is 910. The topological polar surface area (TPSA) is 59.8 Å². The first-order valence-corrected chi connectivity index (χ1v) is 10.2. The molecule has 0 aliphatic heterocycles. The Hall–Kier alpha value is -2.02. The van der Waals surface area contributed by atoms with Gasteiger partial charge in [0.25, 0.3) is 0 Å². The molecule has 1 aromatic heterocycles. The number of hydrogen-bond donors (Lipinski definition) is 1. The van der Waals surface area contributed by atoms with Crippen molar-refractivity contribution >= 4 is 46.6 Å². The lowest BCUT2D eigenvalue weighted by atomic mass is 10.3. The molecule has 0 atom stereocenters. The smallest absolute Gasteiger partial charge is 0.225 e. The van der Waals surface area contributed by atoms with Crippen molar-refractivity contribution in [1.82, 2.24) is 14.8 Å². The minimum absolute atomic E-state index is 0.154. The van der Waals surface area contributed by atoms with E-state index in [-0.39, 0.29) is 5.91 Å². The Balaban J connectivity index is 1.64. The van der Waals surface area contributed by atoms with Crippen molar-refractivity contribution in [3.05, 3.63) is 64.4 Å². The molecule has 0 fully saturated rings. The zero-order chi connectivity index (χ0) is 19.2. The van der Waals surface area contributed by atoms with Crippen LogP contribution in [0.1, 0.15) is 19.2 Å². The zero-order valence-corrected chi connectivity index (χ0v) is 17.0. The minimum Gasteiger partial charge on any atom is -0.324 e. The van der Waals surface area contributed by atoms with E-state index in [9.17, 15) is 4.79 Å². The van der Waals surface area contributed by atoms with Crippen LogP contribution in [0.15, 0.2) is 53.7 Å². The highest BCUT2D eigenvalue weighted by molar-refractivity contribution is 7.99. The van der Waals surface area contributed by atoms with Crippen LogP contribution >= 0.6 is 35.0 Å². The fraction of sp³-hybridized carbons (Fsp3) is 0.211. The third-order valence-corrected chi connectivity index (χ3v) is 5.38. The van der Waals surface area contributed by atoms with E-state index in [1.54, 1.807) is 18.2 Å². The summed E-state index contributed by atoms with van der Waals surface area (Å²) in [5.41, 5.74) is 1.45. The number of hydrogen-bond acceptors (Lipinski definition) is 4. The Morgan fingerprint density at radius 3 is 2.44 bits per heavy atom. The summed E-state index contributed by atoms with van der Waals surface area (Å²) in [7, 11) is 0. The summed E-state index contributed by atoms with van der Waals surface area (Å²) in [4.78, 5) is 12.2. The molecule has 1 amide bonds. The van der Waals surface area contributed by atoms with E-state index in [1.165, 1.54) is 11.8 Å². The maximum Gasteiger partial charge on any atom is 0.225 e. The molecule has 3 rings (SSSR count). The van der Waals surface area contributed by atoms with Gasteiger partial charge in [-0.1, -0.05) is 66.2 Å². The molecule has 27 heavy (non-hydrogen) atoms. The highest BCUT2D eigenvalue weighted by atomic mass is 35.5. The van der Waals surface area contributed by atoms with E-state index in [0.29, 0.717) is 27.9 Å². The number of carbonyl (C=O) groups excluding carboxylic acids is 1. The molecular weight excluding hydrogens is 403 g/mol. The van der Waals surface area contributed by atoms with Gasteiger partial charge >= 0.3 is 0 Å². The van der Waals surface area contributed by atoms with Crippen molar-refractivity contribution in [3.8, 4) is 5.69 Å². The van der Waals surface area contributed by atoms with Crippen molar-refractivity contribution in [3.63, 3.8) is 0 Å². The maximum atomic E-state index is 12.2. The molecular formula is C19H18Cl2N4OS. The van der Waals surface area contributed by atoms with Crippen LogP contribution in [0.2, 0.25) is 10.0 Å². The van der Waals surface area contributed by atoms with Crippen molar-refractivity contribution in [1.29, 1.82) is 0 Å². The Morgan fingerprint density at radius 1 is 1.07 bits per heavy atom. The van der Waals surface area contributed by atoms with Gasteiger partial charge in [0.05, 0.1) is 15.7 Å². The first kappa shape index (κ1) is 19.7.